The number of carbonyl (C=O) groups excluding carboxylic acids is 1. The number of nitrogens with one attached hydrogen (secondary N) is 1. The van der Waals surface area contributed by atoms with Crippen molar-refractivity contribution in [1.82, 2.24) is 14.8 Å². The van der Waals surface area contributed by atoms with Crippen LogP contribution in [0.2, 0.25) is 10.0 Å². The van der Waals surface area contributed by atoms with Gasteiger partial charge in [0.25, 0.3) is 0 Å². The first-order chi connectivity index (χ1) is 12.6. The third-order valence-electron chi connectivity index (χ3n) is 4.51. The molecule has 2 fully saturated rings. The number of thioether (sulfide) groups is 1. The summed E-state index contributed by atoms with van der Waals surface area (Å²) >= 11 is 13.5. The van der Waals surface area contributed by atoms with Crippen molar-refractivity contribution in [2.75, 3.05) is 29.1 Å². The van der Waals surface area contributed by atoms with Crippen molar-refractivity contribution in [2.45, 2.75) is 36.9 Å². The zero-order valence-electron chi connectivity index (χ0n) is 14.1. The molecular weight excluding hydrogens is 393 g/mol. The molecule has 0 bridgehead atoms. The molecule has 0 unspecified atom stereocenters. The van der Waals surface area contributed by atoms with E-state index in [2.05, 4.69) is 25.0 Å². The predicted molar refractivity (Wildman–Crippen MR) is 106 cm³/mol. The highest BCUT2D eigenvalue weighted by Gasteiger charge is 2.32. The largest absolute Gasteiger partial charge is 0.341 e. The first-order valence-electron chi connectivity index (χ1n) is 8.70. The Morgan fingerprint density at radius 3 is 2.73 bits per heavy atom. The molecule has 6 nitrogen and oxygen atoms in total. The Bertz CT molecular complexity index is 817. The number of carbonyl (C=O) groups is 1. The van der Waals surface area contributed by atoms with E-state index < -0.39 is 0 Å². The smallest absolute Gasteiger partial charge is 0.234 e. The molecule has 1 saturated heterocycles. The van der Waals surface area contributed by atoms with Gasteiger partial charge in [0.15, 0.2) is 5.16 Å². The van der Waals surface area contributed by atoms with Gasteiger partial charge in [0.05, 0.1) is 21.5 Å². The maximum Gasteiger partial charge on any atom is 0.234 e. The van der Waals surface area contributed by atoms with E-state index in [0.717, 1.165) is 37.0 Å². The van der Waals surface area contributed by atoms with Gasteiger partial charge in [-0.1, -0.05) is 41.0 Å². The van der Waals surface area contributed by atoms with E-state index in [1.165, 1.54) is 24.6 Å². The van der Waals surface area contributed by atoms with Gasteiger partial charge >= 0.3 is 0 Å². The molecule has 1 saturated carbocycles. The van der Waals surface area contributed by atoms with E-state index in [1.807, 2.05) is 0 Å². The minimum atomic E-state index is -0.146. The molecule has 1 aromatic carbocycles. The third-order valence-corrected chi connectivity index (χ3v) is 6.27. The molecule has 0 atom stereocenters. The van der Waals surface area contributed by atoms with Crippen LogP contribution in [0, 0.1) is 0 Å². The molecule has 1 aromatic heterocycles. The fourth-order valence-electron chi connectivity index (χ4n) is 3.07. The number of anilines is 2. The second-order valence-electron chi connectivity index (χ2n) is 6.52. The van der Waals surface area contributed by atoms with Crippen LogP contribution in [-0.4, -0.2) is 39.5 Å². The maximum atomic E-state index is 12.3. The minimum Gasteiger partial charge on any atom is -0.341 e. The van der Waals surface area contributed by atoms with E-state index in [1.54, 1.807) is 18.2 Å². The quantitative estimate of drug-likeness (QED) is 0.719. The lowest BCUT2D eigenvalue weighted by molar-refractivity contribution is -0.113. The van der Waals surface area contributed by atoms with Crippen molar-refractivity contribution in [3.05, 3.63) is 28.2 Å². The van der Waals surface area contributed by atoms with Gasteiger partial charge in [-0.05, 0) is 37.8 Å². The highest BCUT2D eigenvalue weighted by Crippen LogP contribution is 2.41. The lowest BCUT2D eigenvalue weighted by atomic mass is 10.3. The molecule has 138 valence electrons. The average molecular weight is 412 g/mol. The number of benzene rings is 1. The van der Waals surface area contributed by atoms with Gasteiger partial charge in [-0.2, -0.15) is 0 Å². The molecule has 2 aromatic rings. The van der Waals surface area contributed by atoms with Crippen molar-refractivity contribution in [3.63, 3.8) is 0 Å². The fourth-order valence-corrected chi connectivity index (χ4v) is 4.22. The lowest BCUT2D eigenvalue weighted by Gasteiger charge is -2.17. The van der Waals surface area contributed by atoms with Crippen molar-refractivity contribution in [2.24, 2.45) is 0 Å². The topological polar surface area (TPSA) is 63.1 Å². The van der Waals surface area contributed by atoms with Crippen LogP contribution in [0.5, 0.6) is 0 Å². The molecule has 9 heteroatoms. The lowest BCUT2D eigenvalue weighted by Crippen LogP contribution is -2.22. The van der Waals surface area contributed by atoms with Gasteiger partial charge in [-0.3, -0.25) is 9.36 Å². The van der Waals surface area contributed by atoms with Crippen LogP contribution in [0.3, 0.4) is 0 Å². The second-order valence-corrected chi connectivity index (χ2v) is 8.24. The molecule has 2 aliphatic rings. The summed E-state index contributed by atoms with van der Waals surface area (Å²) in [5.41, 5.74) is 0.520. The Morgan fingerprint density at radius 2 is 2.00 bits per heavy atom. The van der Waals surface area contributed by atoms with Gasteiger partial charge in [0.2, 0.25) is 11.9 Å². The zero-order chi connectivity index (χ0) is 18.1. The monoisotopic (exact) mass is 411 g/mol. The standard InChI is InChI=1S/C17H19Cl2N5OS/c18-12-4-3-5-13(15(12)19)20-14(25)10-26-17-22-21-16(23-8-1-2-9-23)24(17)11-6-7-11/h3-5,11H,1-2,6-10H2,(H,20,25). The summed E-state index contributed by atoms with van der Waals surface area (Å²) in [5.74, 6) is 1.05. The summed E-state index contributed by atoms with van der Waals surface area (Å²) in [5, 5.41) is 13.1. The summed E-state index contributed by atoms with van der Waals surface area (Å²) in [4.78, 5) is 14.6. The Kier molecular flexibility index (Phi) is 5.29. The highest BCUT2D eigenvalue weighted by atomic mass is 35.5. The zero-order valence-corrected chi connectivity index (χ0v) is 16.4. The fraction of sp³-hybridized carbons (Fsp3) is 0.471. The van der Waals surface area contributed by atoms with E-state index in [4.69, 9.17) is 23.2 Å². The molecule has 0 spiro atoms. The molecule has 1 amide bonds. The number of aromatic nitrogens is 3. The Hall–Kier alpha value is -1.44. The van der Waals surface area contributed by atoms with Crippen molar-refractivity contribution in [3.8, 4) is 0 Å². The minimum absolute atomic E-state index is 0.146. The molecule has 1 aliphatic heterocycles. The van der Waals surface area contributed by atoms with Crippen LogP contribution >= 0.6 is 35.0 Å². The van der Waals surface area contributed by atoms with Gasteiger partial charge < -0.3 is 10.2 Å². The van der Waals surface area contributed by atoms with Crippen LogP contribution in [-0.2, 0) is 4.79 Å². The van der Waals surface area contributed by atoms with Crippen molar-refractivity contribution >= 4 is 52.5 Å². The number of halogens is 2. The molecule has 4 rings (SSSR count). The van der Waals surface area contributed by atoms with Crippen LogP contribution < -0.4 is 10.2 Å². The normalized spacial score (nSPS) is 16.9. The Balaban J connectivity index is 1.43. The molecule has 0 radical (unpaired) electrons. The van der Waals surface area contributed by atoms with Crippen LogP contribution in [0.1, 0.15) is 31.7 Å². The van der Waals surface area contributed by atoms with Crippen LogP contribution in [0.15, 0.2) is 23.4 Å². The van der Waals surface area contributed by atoms with E-state index in [0.29, 0.717) is 21.8 Å². The highest BCUT2D eigenvalue weighted by molar-refractivity contribution is 7.99. The summed E-state index contributed by atoms with van der Waals surface area (Å²) < 4.78 is 2.20. The summed E-state index contributed by atoms with van der Waals surface area (Å²) in [6.07, 6.45) is 4.69. The van der Waals surface area contributed by atoms with Gasteiger partial charge in [-0.15, -0.1) is 10.2 Å². The summed E-state index contributed by atoms with van der Waals surface area (Å²) in [6, 6.07) is 5.64. The van der Waals surface area contributed by atoms with E-state index in [9.17, 15) is 4.79 Å². The van der Waals surface area contributed by atoms with Crippen molar-refractivity contribution in [1.29, 1.82) is 0 Å². The number of nitrogens with zero attached hydrogens (tertiary/aromatic N) is 4. The van der Waals surface area contributed by atoms with Gasteiger partial charge in [0, 0.05) is 19.1 Å². The third kappa shape index (κ3) is 3.80. The van der Waals surface area contributed by atoms with Gasteiger partial charge in [-0.25, -0.2) is 0 Å². The molecule has 1 N–H and O–H groups in total. The predicted octanol–water partition coefficient (Wildman–Crippen LogP) is 4.25. The summed E-state index contributed by atoms with van der Waals surface area (Å²) in [7, 11) is 0. The number of hydrogen-bond acceptors (Lipinski definition) is 5. The van der Waals surface area contributed by atoms with Crippen molar-refractivity contribution < 1.29 is 4.79 Å². The van der Waals surface area contributed by atoms with E-state index in [-0.39, 0.29) is 11.7 Å². The molecule has 26 heavy (non-hydrogen) atoms. The SMILES string of the molecule is O=C(CSc1nnc(N2CCCC2)n1C1CC1)Nc1cccc(Cl)c1Cl. The summed E-state index contributed by atoms with van der Waals surface area (Å²) in [6.45, 7) is 2.06. The average Bonchev–Trinajstić information content (AvgIpc) is 3.16. The number of rotatable bonds is 6. The first-order valence-corrected chi connectivity index (χ1v) is 10.4. The number of amides is 1. The Morgan fingerprint density at radius 1 is 1.23 bits per heavy atom. The second kappa shape index (κ2) is 7.66. The maximum absolute atomic E-state index is 12.3. The van der Waals surface area contributed by atoms with Gasteiger partial charge in [0.1, 0.15) is 0 Å². The molecule has 1 aliphatic carbocycles. The molecular formula is C17H19Cl2N5OS. The van der Waals surface area contributed by atoms with Crippen LogP contribution in [0.4, 0.5) is 11.6 Å². The van der Waals surface area contributed by atoms with E-state index >= 15 is 0 Å². The number of hydrogen-bond donors (Lipinski definition) is 1. The first kappa shape index (κ1) is 17.9. The Labute approximate surface area is 166 Å². The molecule has 2 heterocycles. The van der Waals surface area contributed by atoms with Crippen LogP contribution in [0.25, 0.3) is 0 Å².